The van der Waals surface area contributed by atoms with E-state index in [9.17, 15) is 4.39 Å². The molecule has 2 aromatic rings. The molecule has 0 saturated carbocycles. The molecule has 0 fully saturated rings. The Hall–Kier alpha value is -1.10. The summed E-state index contributed by atoms with van der Waals surface area (Å²) in [6, 6.07) is 11.8. The van der Waals surface area contributed by atoms with Crippen molar-refractivity contribution in [2.75, 3.05) is 0 Å². The minimum Gasteiger partial charge on any atom is -0.484 e. The van der Waals surface area contributed by atoms with Crippen molar-refractivity contribution < 1.29 is 9.13 Å². The number of benzene rings is 2. The maximum absolute atomic E-state index is 13.3. The highest BCUT2D eigenvalue weighted by molar-refractivity contribution is 9.10. The lowest BCUT2D eigenvalue weighted by atomic mass is 10.0. The third-order valence-corrected chi connectivity index (χ3v) is 4.07. The lowest BCUT2D eigenvalue weighted by molar-refractivity contribution is 0.171. The van der Waals surface area contributed by atoms with Crippen LogP contribution in [0.5, 0.6) is 5.75 Å². The third-order valence-electron chi connectivity index (χ3n) is 3.21. The minimum atomic E-state index is -0.329. The Morgan fingerprint density at radius 1 is 1.24 bits per heavy atom. The van der Waals surface area contributed by atoms with Crippen LogP contribution in [0.4, 0.5) is 4.39 Å². The molecule has 2 N–H and O–H groups in total. The Morgan fingerprint density at radius 3 is 2.48 bits per heavy atom. The molecule has 5 heteroatoms. The second-order valence-electron chi connectivity index (χ2n) is 4.74. The van der Waals surface area contributed by atoms with Crippen LogP contribution in [0, 0.1) is 5.82 Å². The summed E-state index contributed by atoms with van der Waals surface area (Å²) in [5.41, 5.74) is 7.10. The van der Waals surface area contributed by atoms with Crippen molar-refractivity contribution in [2.24, 2.45) is 5.73 Å². The van der Waals surface area contributed by atoms with Gasteiger partial charge in [0.1, 0.15) is 17.7 Å². The summed E-state index contributed by atoms with van der Waals surface area (Å²) in [7, 11) is 0. The van der Waals surface area contributed by atoms with Crippen LogP contribution in [0.3, 0.4) is 0 Å². The number of nitrogens with two attached hydrogens (primary N) is 1. The van der Waals surface area contributed by atoms with E-state index in [1.165, 1.54) is 6.07 Å². The average molecular weight is 373 g/mol. The van der Waals surface area contributed by atoms with Gasteiger partial charge >= 0.3 is 0 Å². The average Bonchev–Trinajstić information content (AvgIpc) is 2.48. The molecule has 112 valence electrons. The first kappa shape index (κ1) is 16.3. The summed E-state index contributed by atoms with van der Waals surface area (Å²) in [5, 5.41) is 0.659. The van der Waals surface area contributed by atoms with Gasteiger partial charge in [0.2, 0.25) is 0 Å². The molecule has 0 aromatic heterocycles. The molecule has 0 radical (unpaired) electrons. The largest absolute Gasteiger partial charge is 0.484 e. The van der Waals surface area contributed by atoms with Gasteiger partial charge in [0.05, 0.1) is 4.47 Å². The predicted molar refractivity (Wildman–Crippen MR) is 87.2 cm³/mol. The van der Waals surface area contributed by atoms with Crippen LogP contribution in [0.2, 0.25) is 5.02 Å². The molecule has 2 nitrogen and oxygen atoms in total. The zero-order valence-corrected chi connectivity index (χ0v) is 13.9. The smallest absolute Gasteiger partial charge is 0.139 e. The Morgan fingerprint density at radius 2 is 1.90 bits per heavy atom. The Bertz CT molecular complexity index is 606. The Kier molecular flexibility index (Phi) is 5.62. The van der Waals surface area contributed by atoms with E-state index in [2.05, 4.69) is 15.9 Å². The SMILES string of the molecule is CCC(N)C(Oc1ccc(F)c(Br)c1)c1ccc(Cl)cc1. The van der Waals surface area contributed by atoms with E-state index in [0.717, 1.165) is 12.0 Å². The fourth-order valence-electron chi connectivity index (χ4n) is 1.97. The topological polar surface area (TPSA) is 35.2 Å². The second kappa shape index (κ2) is 7.25. The van der Waals surface area contributed by atoms with E-state index in [1.807, 2.05) is 19.1 Å². The molecule has 2 rings (SSSR count). The summed E-state index contributed by atoms with van der Waals surface area (Å²) < 4.78 is 19.6. The monoisotopic (exact) mass is 371 g/mol. The molecule has 2 atom stereocenters. The highest BCUT2D eigenvalue weighted by Gasteiger charge is 2.21. The summed E-state index contributed by atoms with van der Waals surface area (Å²) >= 11 is 9.06. The van der Waals surface area contributed by atoms with Crippen LogP contribution < -0.4 is 10.5 Å². The molecule has 2 unspecified atom stereocenters. The molecule has 0 aliphatic heterocycles. The van der Waals surface area contributed by atoms with Crippen molar-refractivity contribution in [3.63, 3.8) is 0 Å². The predicted octanol–water partition coefficient (Wildman–Crippen LogP) is 5.10. The highest BCUT2D eigenvalue weighted by atomic mass is 79.9. The van der Waals surface area contributed by atoms with E-state index in [-0.39, 0.29) is 18.0 Å². The van der Waals surface area contributed by atoms with Crippen LogP contribution in [0.1, 0.15) is 25.0 Å². The van der Waals surface area contributed by atoms with Gasteiger partial charge in [-0.15, -0.1) is 0 Å². The molecule has 0 aliphatic rings. The normalized spacial score (nSPS) is 13.8. The van der Waals surface area contributed by atoms with E-state index < -0.39 is 0 Å². The summed E-state index contributed by atoms with van der Waals surface area (Å²) in [6.07, 6.45) is 0.444. The number of halogens is 3. The quantitative estimate of drug-likeness (QED) is 0.792. The molecule has 2 aromatic carbocycles. The fraction of sp³-hybridized carbons (Fsp3) is 0.250. The van der Waals surface area contributed by atoms with Gasteiger partial charge in [-0.3, -0.25) is 0 Å². The van der Waals surface area contributed by atoms with Gasteiger partial charge < -0.3 is 10.5 Å². The minimum absolute atomic E-state index is 0.171. The Balaban J connectivity index is 2.28. The van der Waals surface area contributed by atoms with Crippen molar-refractivity contribution in [3.8, 4) is 5.75 Å². The number of rotatable bonds is 5. The van der Waals surface area contributed by atoms with E-state index in [4.69, 9.17) is 22.1 Å². The van der Waals surface area contributed by atoms with Crippen molar-refractivity contribution in [3.05, 3.63) is 63.3 Å². The van der Waals surface area contributed by atoms with Gasteiger partial charge in [0.15, 0.2) is 0 Å². The lowest BCUT2D eigenvalue weighted by Crippen LogP contribution is -2.31. The van der Waals surface area contributed by atoms with Gasteiger partial charge in [-0.2, -0.15) is 0 Å². The van der Waals surface area contributed by atoms with Gasteiger partial charge in [-0.1, -0.05) is 30.7 Å². The molecule has 0 spiro atoms. The second-order valence-corrected chi connectivity index (χ2v) is 6.03. The fourth-order valence-corrected chi connectivity index (χ4v) is 2.45. The van der Waals surface area contributed by atoms with Crippen molar-refractivity contribution in [1.82, 2.24) is 0 Å². The van der Waals surface area contributed by atoms with Gasteiger partial charge in [-0.05, 0) is 58.2 Å². The zero-order chi connectivity index (χ0) is 15.4. The molecule has 21 heavy (non-hydrogen) atoms. The van der Waals surface area contributed by atoms with Crippen molar-refractivity contribution >= 4 is 27.5 Å². The highest BCUT2D eigenvalue weighted by Crippen LogP contribution is 2.29. The van der Waals surface area contributed by atoms with Crippen LogP contribution in [-0.4, -0.2) is 6.04 Å². The summed E-state index contributed by atoms with van der Waals surface area (Å²) in [4.78, 5) is 0. The van der Waals surface area contributed by atoms with Crippen LogP contribution in [-0.2, 0) is 0 Å². The lowest BCUT2D eigenvalue weighted by Gasteiger charge is -2.25. The summed E-state index contributed by atoms with van der Waals surface area (Å²) in [5.74, 6) is 0.234. The van der Waals surface area contributed by atoms with E-state index >= 15 is 0 Å². The van der Waals surface area contributed by atoms with Crippen molar-refractivity contribution in [2.45, 2.75) is 25.5 Å². The van der Waals surface area contributed by atoms with Gasteiger partial charge in [0, 0.05) is 11.1 Å². The van der Waals surface area contributed by atoms with Gasteiger partial charge in [0.25, 0.3) is 0 Å². The molecule has 0 aliphatic carbocycles. The maximum atomic E-state index is 13.3. The van der Waals surface area contributed by atoms with Crippen LogP contribution in [0.15, 0.2) is 46.9 Å². The number of hydrogen-bond acceptors (Lipinski definition) is 2. The molecule has 0 bridgehead atoms. The molecular weight excluding hydrogens is 357 g/mol. The van der Waals surface area contributed by atoms with Crippen LogP contribution >= 0.6 is 27.5 Å². The van der Waals surface area contributed by atoms with E-state index in [0.29, 0.717) is 15.2 Å². The Labute approximate surface area is 137 Å². The zero-order valence-electron chi connectivity index (χ0n) is 11.5. The van der Waals surface area contributed by atoms with Gasteiger partial charge in [-0.25, -0.2) is 4.39 Å². The van der Waals surface area contributed by atoms with Crippen LogP contribution in [0.25, 0.3) is 0 Å². The molecule has 0 saturated heterocycles. The molecule has 0 heterocycles. The first-order chi connectivity index (χ1) is 10.0. The molecular formula is C16H16BrClFNO. The first-order valence-corrected chi connectivity index (χ1v) is 7.81. The number of ether oxygens (including phenoxy) is 1. The van der Waals surface area contributed by atoms with E-state index in [1.54, 1.807) is 24.3 Å². The maximum Gasteiger partial charge on any atom is 0.139 e. The standard InChI is InChI=1S/C16H16BrClFNO/c1-2-15(20)16(10-3-5-11(18)6-4-10)21-12-7-8-14(19)13(17)9-12/h3-9,15-16H,2,20H2,1H3. The summed E-state index contributed by atoms with van der Waals surface area (Å²) in [6.45, 7) is 2.00. The van der Waals surface area contributed by atoms with Crippen molar-refractivity contribution in [1.29, 1.82) is 0 Å². The number of hydrogen-bond donors (Lipinski definition) is 1. The third kappa shape index (κ3) is 4.19. The first-order valence-electron chi connectivity index (χ1n) is 6.64. The molecule has 0 amide bonds.